The lowest BCUT2D eigenvalue weighted by Gasteiger charge is -2.23. The number of rotatable bonds is 2. The Bertz CT molecular complexity index is 781. The van der Waals surface area contributed by atoms with Crippen molar-refractivity contribution in [2.75, 3.05) is 11.9 Å². The fraction of sp³-hybridized carbons (Fsp3) is 0.294. The normalized spacial score (nSPS) is 19.1. The van der Waals surface area contributed by atoms with Gasteiger partial charge in [-0.25, -0.2) is 0 Å². The van der Waals surface area contributed by atoms with E-state index in [2.05, 4.69) is 10.6 Å². The van der Waals surface area contributed by atoms with Crippen molar-refractivity contribution in [1.82, 2.24) is 5.32 Å². The van der Waals surface area contributed by atoms with Crippen LogP contribution in [0.4, 0.5) is 5.69 Å². The van der Waals surface area contributed by atoms with E-state index in [0.717, 1.165) is 30.6 Å². The number of amides is 2. The monoisotopic (exact) mass is 312 g/mol. The number of fused-ring (bicyclic) bond motifs is 2. The molecule has 0 radical (unpaired) electrons. The van der Waals surface area contributed by atoms with E-state index in [0.29, 0.717) is 17.0 Å². The molecule has 4 rings (SSSR count). The smallest absolute Gasteiger partial charge is 0.262 e. The second kappa shape index (κ2) is 5.46. The Kier molecular flexibility index (Phi) is 3.29. The summed E-state index contributed by atoms with van der Waals surface area (Å²) >= 11 is 0. The van der Waals surface area contributed by atoms with Crippen molar-refractivity contribution in [3.8, 4) is 5.75 Å². The number of hydrogen-bond donors (Lipinski definition) is 2. The number of hydrogen-bond acceptors (Lipinski definition) is 4. The van der Waals surface area contributed by atoms with Crippen LogP contribution in [-0.4, -0.2) is 18.4 Å². The first kappa shape index (κ1) is 13.9. The molecule has 6 nitrogen and oxygen atoms in total. The lowest BCUT2D eigenvalue weighted by molar-refractivity contribution is -0.118. The minimum atomic E-state index is -0.190. The molecule has 2 amide bonds. The molecular weight excluding hydrogens is 296 g/mol. The molecule has 2 N–H and O–H groups in total. The Labute approximate surface area is 132 Å². The van der Waals surface area contributed by atoms with Gasteiger partial charge in [0.05, 0.1) is 18.0 Å². The Morgan fingerprint density at radius 1 is 1.30 bits per heavy atom. The number of anilines is 1. The van der Waals surface area contributed by atoms with Crippen molar-refractivity contribution in [3.63, 3.8) is 0 Å². The molecule has 0 saturated heterocycles. The van der Waals surface area contributed by atoms with E-state index in [9.17, 15) is 9.59 Å². The van der Waals surface area contributed by atoms with E-state index >= 15 is 0 Å². The first-order valence-electron chi connectivity index (χ1n) is 7.64. The maximum Gasteiger partial charge on any atom is 0.262 e. The first-order chi connectivity index (χ1) is 11.2. The lowest BCUT2D eigenvalue weighted by atomic mass is 9.93. The van der Waals surface area contributed by atoms with Crippen molar-refractivity contribution in [1.29, 1.82) is 0 Å². The third-order valence-corrected chi connectivity index (χ3v) is 4.23. The van der Waals surface area contributed by atoms with Crippen LogP contribution in [0.2, 0.25) is 0 Å². The standard InChI is InChI=1S/C17H16N2O4/c20-16-9-23-15-8-10(4-5-13(15)18-16)17(21)19-12-2-1-3-14-11(12)6-7-22-14/h4-8,12H,1-3,9H2,(H,18,20)(H,19,21). The topological polar surface area (TPSA) is 80.6 Å². The summed E-state index contributed by atoms with van der Waals surface area (Å²) in [5.74, 6) is 1.12. The second-order valence-corrected chi connectivity index (χ2v) is 5.77. The summed E-state index contributed by atoms with van der Waals surface area (Å²) in [4.78, 5) is 23.8. The van der Waals surface area contributed by atoms with Crippen LogP contribution >= 0.6 is 0 Å². The predicted octanol–water partition coefficient (Wildman–Crippen LogP) is 2.42. The van der Waals surface area contributed by atoms with Gasteiger partial charge in [-0.1, -0.05) is 0 Å². The fourth-order valence-corrected chi connectivity index (χ4v) is 3.09. The highest BCUT2D eigenvalue weighted by Gasteiger charge is 2.25. The average molecular weight is 312 g/mol. The van der Waals surface area contributed by atoms with E-state index in [1.165, 1.54) is 0 Å². The molecule has 1 atom stereocenters. The van der Waals surface area contributed by atoms with E-state index < -0.39 is 0 Å². The minimum Gasteiger partial charge on any atom is -0.482 e. The molecule has 1 aliphatic carbocycles. The van der Waals surface area contributed by atoms with Crippen molar-refractivity contribution >= 4 is 17.5 Å². The summed E-state index contributed by atoms with van der Waals surface area (Å²) in [6, 6.07) is 6.92. The molecule has 23 heavy (non-hydrogen) atoms. The number of carbonyl (C=O) groups excluding carboxylic acids is 2. The van der Waals surface area contributed by atoms with Gasteiger partial charge in [0.2, 0.25) is 0 Å². The summed E-state index contributed by atoms with van der Waals surface area (Å²) < 4.78 is 10.8. The molecule has 1 aromatic heterocycles. The molecule has 6 heteroatoms. The van der Waals surface area contributed by atoms with Gasteiger partial charge in [0.25, 0.3) is 11.8 Å². The van der Waals surface area contributed by atoms with Gasteiger partial charge in [0.1, 0.15) is 11.5 Å². The van der Waals surface area contributed by atoms with Gasteiger partial charge < -0.3 is 19.8 Å². The van der Waals surface area contributed by atoms with Crippen LogP contribution < -0.4 is 15.4 Å². The highest BCUT2D eigenvalue weighted by atomic mass is 16.5. The maximum absolute atomic E-state index is 12.5. The fourth-order valence-electron chi connectivity index (χ4n) is 3.09. The molecule has 1 unspecified atom stereocenters. The highest BCUT2D eigenvalue weighted by molar-refractivity contribution is 5.99. The molecular formula is C17H16N2O4. The lowest BCUT2D eigenvalue weighted by Crippen LogP contribution is -2.31. The Morgan fingerprint density at radius 2 is 2.22 bits per heavy atom. The van der Waals surface area contributed by atoms with Gasteiger partial charge in [0, 0.05) is 17.5 Å². The highest BCUT2D eigenvalue weighted by Crippen LogP contribution is 2.32. The Morgan fingerprint density at radius 3 is 3.13 bits per heavy atom. The largest absolute Gasteiger partial charge is 0.482 e. The zero-order valence-corrected chi connectivity index (χ0v) is 12.4. The molecule has 0 saturated carbocycles. The minimum absolute atomic E-state index is 0.0262. The maximum atomic E-state index is 12.5. The van der Waals surface area contributed by atoms with Crippen LogP contribution in [-0.2, 0) is 11.2 Å². The van der Waals surface area contributed by atoms with Crippen molar-refractivity contribution in [2.45, 2.75) is 25.3 Å². The summed E-state index contributed by atoms with van der Waals surface area (Å²) in [7, 11) is 0. The summed E-state index contributed by atoms with van der Waals surface area (Å²) in [6.45, 7) is -0.0287. The number of benzene rings is 1. The van der Waals surface area contributed by atoms with Crippen LogP contribution in [0.15, 0.2) is 34.9 Å². The predicted molar refractivity (Wildman–Crippen MR) is 82.4 cm³/mol. The van der Waals surface area contributed by atoms with Gasteiger partial charge in [0.15, 0.2) is 6.61 Å². The van der Waals surface area contributed by atoms with Crippen LogP contribution in [0.25, 0.3) is 0 Å². The Hall–Kier alpha value is -2.76. The van der Waals surface area contributed by atoms with Gasteiger partial charge in [-0.05, 0) is 37.1 Å². The number of furan rings is 1. The third-order valence-electron chi connectivity index (χ3n) is 4.23. The van der Waals surface area contributed by atoms with Crippen molar-refractivity contribution in [3.05, 3.63) is 47.4 Å². The van der Waals surface area contributed by atoms with Crippen LogP contribution in [0.1, 0.15) is 40.6 Å². The average Bonchev–Trinajstić information content (AvgIpc) is 3.04. The number of carbonyl (C=O) groups is 2. The van der Waals surface area contributed by atoms with E-state index in [4.69, 9.17) is 9.15 Å². The van der Waals surface area contributed by atoms with Crippen molar-refractivity contribution in [2.24, 2.45) is 0 Å². The van der Waals surface area contributed by atoms with E-state index in [1.54, 1.807) is 24.5 Å². The van der Waals surface area contributed by atoms with Crippen LogP contribution in [0, 0.1) is 0 Å². The van der Waals surface area contributed by atoms with Crippen LogP contribution in [0.3, 0.4) is 0 Å². The molecule has 2 aliphatic rings. The SMILES string of the molecule is O=C1COc2cc(C(=O)NC3CCCc4occc43)ccc2N1. The molecule has 0 bridgehead atoms. The quantitative estimate of drug-likeness (QED) is 0.892. The summed E-state index contributed by atoms with van der Waals surface area (Å²) in [6.07, 6.45) is 4.48. The molecule has 0 fully saturated rings. The number of aryl methyl sites for hydroxylation is 1. The first-order valence-corrected chi connectivity index (χ1v) is 7.64. The van der Waals surface area contributed by atoms with Crippen molar-refractivity contribution < 1.29 is 18.7 Å². The van der Waals surface area contributed by atoms with Crippen LogP contribution in [0.5, 0.6) is 5.75 Å². The van der Waals surface area contributed by atoms with Gasteiger partial charge in [-0.3, -0.25) is 9.59 Å². The van der Waals surface area contributed by atoms with Gasteiger partial charge >= 0.3 is 0 Å². The van der Waals surface area contributed by atoms with Gasteiger partial charge in [-0.15, -0.1) is 0 Å². The molecule has 1 aliphatic heterocycles. The Balaban J connectivity index is 1.53. The molecule has 2 aromatic rings. The zero-order chi connectivity index (χ0) is 15.8. The van der Waals surface area contributed by atoms with Gasteiger partial charge in [-0.2, -0.15) is 0 Å². The molecule has 1 aromatic carbocycles. The molecule has 2 heterocycles. The molecule has 0 spiro atoms. The third kappa shape index (κ3) is 2.56. The van der Waals surface area contributed by atoms with E-state index in [1.807, 2.05) is 6.07 Å². The summed E-state index contributed by atoms with van der Waals surface area (Å²) in [5.41, 5.74) is 2.16. The second-order valence-electron chi connectivity index (χ2n) is 5.77. The number of nitrogens with one attached hydrogen (secondary N) is 2. The van der Waals surface area contributed by atoms with E-state index in [-0.39, 0.29) is 24.5 Å². The zero-order valence-electron chi connectivity index (χ0n) is 12.4. The number of ether oxygens (including phenoxy) is 1. The molecule has 118 valence electrons. The summed E-state index contributed by atoms with van der Waals surface area (Å²) in [5, 5.41) is 5.76.